The van der Waals surface area contributed by atoms with Crippen LogP contribution >= 0.6 is 11.6 Å². The zero-order valence-electron chi connectivity index (χ0n) is 10.0. The number of hydrogen-bond acceptors (Lipinski definition) is 2. The molecule has 1 heterocycles. The van der Waals surface area contributed by atoms with Gasteiger partial charge < -0.3 is 10.2 Å². The Balaban J connectivity index is 1.85. The van der Waals surface area contributed by atoms with E-state index in [9.17, 15) is 4.39 Å². The molecule has 0 spiro atoms. The Morgan fingerprint density at radius 1 is 1.41 bits per heavy atom. The van der Waals surface area contributed by atoms with Gasteiger partial charge in [0.1, 0.15) is 5.82 Å². The molecule has 2 nitrogen and oxygen atoms in total. The van der Waals surface area contributed by atoms with Crippen LogP contribution in [0, 0.1) is 5.82 Å². The van der Waals surface area contributed by atoms with E-state index < -0.39 is 0 Å². The molecule has 17 heavy (non-hydrogen) atoms. The quantitative estimate of drug-likeness (QED) is 0.895. The number of halogens is 2. The first kappa shape index (κ1) is 12.8. The Morgan fingerprint density at radius 3 is 2.76 bits per heavy atom. The summed E-state index contributed by atoms with van der Waals surface area (Å²) >= 11 is 5.72. The molecule has 1 aromatic rings. The van der Waals surface area contributed by atoms with Gasteiger partial charge in [0.05, 0.1) is 0 Å². The maximum atomic E-state index is 13.5. The first-order valence-electron chi connectivity index (χ1n) is 6.01. The Bertz CT molecular complexity index is 376. The van der Waals surface area contributed by atoms with Crippen LogP contribution in [0.25, 0.3) is 0 Å². The van der Waals surface area contributed by atoms with E-state index >= 15 is 0 Å². The minimum absolute atomic E-state index is 0.224. The molecule has 0 amide bonds. The van der Waals surface area contributed by atoms with Crippen molar-refractivity contribution in [2.75, 3.05) is 20.1 Å². The highest BCUT2D eigenvalue weighted by atomic mass is 35.5. The summed E-state index contributed by atoms with van der Waals surface area (Å²) in [5, 5.41) is 3.86. The van der Waals surface area contributed by atoms with Gasteiger partial charge in [-0.15, -0.1) is 0 Å². The summed E-state index contributed by atoms with van der Waals surface area (Å²) in [7, 11) is 2.13. The second-order valence-electron chi connectivity index (χ2n) is 4.69. The number of piperidine rings is 1. The van der Waals surface area contributed by atoms with Crippen LogP contribution in [0.4, 0.5) is 4.39 Å². The molecule has 1 aromatic carbocycles. The molecule has 1 aliphatic rings. The van der Waals surface area contributed by atoms with Gasteiger partial charge in [0.15, 0.2) is 0 Å². The first-order valence-corrected chi connectivity index (χ1v) is 6.39. The van der Waals surface area contributed by atoms with Crippen molar-refractivity contribution in [1.29, 1.82) is 0 Å². The van der Waals surface area contributed by atoms with Crippen molar-refractivity contribution in [2.45, 2.75) is 25.4 Å². The largest absolute Gasteiger partial charge is 0.310 e. The van der Waals surface area contributed by atoms with Crippen molar-refractivity contribution >= 4 is 11.6 Å². The fourth-order valence-corrected chi connectivity index (χ4v) is 2.29. The average molecular weight is 257 g/mol. The fourth-order valence-electron chi connectivity index (χ4n) is 2.13. The van der Waals surface area contributed by atoms with Crippen LogP contribution in [0.5, 0.6) is 0 Å². The zero-order valence-corrected chi connectivity index (χ0v) is 10.8. The van der Waals surface area contributed by atoms with Crippen molar-refractivity contribution in [2.24, 2.45) is 0 Å². The first-order chi connectivity index (χ1) is 8.15. The van der Waals surface area contributed by atoms with Gasteiger partial charge in [-0.05, 0) is 45.1 Å². The van der Waals surface area contributed by atoms with E-state index in [-0.39, 0.29) is 5.82 Å². The van der Waals surface area contributed by atoms with Crippen LogP contribution in [0.3, 0.4) is 0 Å². The molecule has 0 aromatic heterocycles. The maximum Gasteiger partial charge on any atom is 0.129 e. The lowest BCUT2D eigenvalue weighted by molar-refractivity contribution is 0.233. The summed E-state index contributed by atoms with van der Waals surface area (Å²) in [6, 6.07) is 5.35. The molecule has 1 fully saturated rings. The summed E-state index contributed by atoms with van der Waals surface area (Å²) in [4.78, 5) is 2.32. The third-order valence-corrected chi connectivity index (χ3v) is 3.55. The Kier molecular flexibility index (Phi) is 4.37. The van der Waals surface area contributed by atoms with E-state index in [0.29, 0.717) is 23.2 Å². The number of nitrogens with zero attached hydrogens (tertiary/aromatic N) is 1. The third-order valence-electron chi connectivity index (χ3n) is 3.31. The highest BCUT2D eigenvalue weighted by Crippen LogP contribution is 2.15. The number of nitrogens with one attached hydrogen (secondary N) is 1. The maximum absolute atomic E-state index is 13.5. The van der Waals surface area contributed by atoms with Crippen molar-refractivity contribution in [1.82, 2.24) is 10.2 Å². The highest BCUT2D eigenvalue weighted by molar-refractivity contribution is 6.30. The third kappa shape index (κ3) is 3.66. The van der Waals surface area contributed by atoms with Gasteiger partial charge in [-0.3, -0.25) is 0 Å². The van der Waals surface area contributed by atoms with Crippen molar-refractivity contribution < 1.29 is 4.39 Å². The average Bonchev–Trinajstić information content (AvgIpc) is 2.30. The molecule has 0 aliphatic carbocycles. The number of benzene rings is 1. The molecule has 2 rings (SSSR count). The van der Waals surface area contributed by atoms with Gasteiger partial charge in [-0.25, -0.2) is 4.39 Å². The molecular weight excluding hydrogens is 239 g/mol. The van der Waals surface area contributed by atoms with E-state index in [1.165, 1.54) is 6.07 Å². The summed E-state index contributed by atoms with van der Waals surface area (Å²) in [5.74, 6) is -0.224. The Morgan fingerprint density at radius 2 is 2.12 bits per heavy atom. The smallest absolute Gasteiger partial charge is 0.129 e. The molecule has 4 heteroatoms. The van der Waals surface area contributed by atoms with Gasteiger partial charge >= 0.3 is 0 Å². The van der Waals surface area contributed by atoms with Crippen LogP contribution in [-0.4, -0.2) is 31.1 Å². The van der Waals surface area contributed by atoms with Gasteiger partial charge in [0, 0.05) is 23.2 Å². The van der Waals surface area contributed by atoms with Gasteiger partial charge in [-0.1, -0.05) is 17.7 Å². The molecule has 0 bridgehead atoms. The predicted octanol–water partition coefficient (Wildman–Crippen LogP) is 2.66. The SMILES string of the molecule is CN1CCC(NCc2ccc(Cl)cc2F)CC1. The van der Waals surface area contributed by atoms with Gasteiger partial charge in [-0.2, -0.15) is 0 Å². The van der Waals surface area contributed by atoms with Crippen molar-refractivity contribution in [3.05, 3.63) is 34.6 Å². The van der Waals surface area contributed by atoms with Crippen LogP contribution < -0.4 is 5.32 Å². The normalized spacial score (nSPS) is 18.5. The predicted molar refractivity (Wildman–Crippen MR) is 68.8 cm³/mol. The molecule has 1 aliphatic heterocycles. The molecule has 1 saturated heterocycles. The lowest BCUT2D eigenvalue weighted by Crippen LogP contribution is -2.40. The van der Waals surface area contributed by atoms with Gasteiger partial charge in [0.25, 0.3) is 0 Å². The van der Waals surface area contributed by atoms with Crippen molar-refractivity contribution in [3.63, 3.8) is 0 Å². The Hall–Kier alpha value is -0.640. The van der Waals surface area contributed by atoms with E-state index in [0.717, 1.165) is 25.9 Å². The minimum atomic E-state index is -0.224. The van der Waals surface area contributed by atoms with E-state index in [1.807, 2.05) is 0 Å². The lowest BCUT2D eigenvalue weighted by atomic mass is 10.1. The molecule has 0 saturated carbocycles. The van der Waals surface area contributed by atoms with Crippen LogP contribution in [0.1, 0.15) is 18.4 Å². The monoisotopic (exact) mass is 256 g/mol. The molecule has 0 radical (unpaired) electrons. The summed E-state index contributed by atoms with van der Waals surface area (Å²) in [6.07, 6.45) is 2.26. The molecule has 0 atom stereocenters. The van der Waals surface area contributed by atoms with E-state index in [1.54, 1.807) is 12.1 Å². The number of rotatable bonds is 3. The minimum Gasteiger partial charge on any atom is -0.310 e. The van der Waals surface area contributed by atoms with E-state index in [4.69, 9.17) is 11.6 Å². The molecule has 0 unspecified atom stereocenters. The zero-order chi connectivity index (χ0) is 12.3. The second-order valence-corrected chi connectivity index (χ2v) is 5.13. The number of likely N-dealkylation sites (tertiary alicyclic amines) is 1. The van der Waals surface area contributed by atoms with Crippen LogP contribution in [0.15, 0.2) is 18.2 Å². The fraction of sp³-hybridized carbons (Fsp3) is 0.538. The van der Waals surface area contributed by atoms with Crippen molar-refractivity contribution in [3.8, 4) is 0 Å². The molecule has 94 valence electrons. The van der Waals surface area contributed by atoms with Crippen LogP contribution in [0.2, 0.25) is 5.02 Å². The summed E-state index contributed by atoms with van der Waals surface area (Å²) in [5.41, 5.74) is 0.688. The Labute approximate surface area is 107 Å². The van der Waals surface area contributed by atoms with E-state index in [2.05, 4.69) is 17.3 Å². The van der Waals surface area contributed by atoms with Crippen LogP contribution in [-0.2, 0) is 6.54 Å². The summed E-state index contributed by atoms with van der Waals surface area (Å²) in [6.45, 7) is 2.80. The summed E-state index contributed by atoms with van der Waals surface area (Å²) < 4.78 is 13.5. The second kappa shape index (κ2) is 5.80. The topological polar surface area (TPSA) is 15.3 Å². The van der Waals surface area contributed by atoms with Gasteiger partial charge in [0.2, 0.25) is 0 Å². The standard InChI is InChI=1S/C13H18ClFN2/c1-17-6-4-12(5-7-17)16-9-10-2-3-11(14)8-13(10)15/h2-3,8,12,16H,4-7,9H2,1H3. The highest BCUT2D eigenvalue weighted by Gasteiger charge is 2.16. The number of hydrogen-bond donors (Lipinski definition) is 1. The molecule has 1 N–H and O–H groups in total. The lowest BCUT2D eigenvalue weighted by Gasteiger charge is -2.29. The molecular formula is C13H18ClFN2.